The van der Waals surface area contributed by atoms with E-state index in [1.807, 2.05) is 25.1 Å². The summed E-state index contributed by atoms with van der Waals surface area (Å²) < 4.78 is 21.9. The summed E-state index contributed by atoms with van der Waals surface area (Å²) in [4.78, 5) is 16.5. The van der Waals surface area contributed by atoms with Gasteiger partial charge >= 0.3 is 0 Å². The van der Waals surface area contributed by atoms with E-state index in [2.05, 4.69) is 20.9 Å². The Balaban J connectivity index is 0.00000512. The first-order valence-corrected chi connectivity index (χ1v) is 11.0. The molecule has 32 heavy (non-hydrogen) atoms. The topological polar surface area (TPSA) is 102 Å². The van der Waals surface area contributed by atoms with E-state index < -0.39 is 0 Å². The van der Waals surface area contributed by atoms with Gasteiger partial charge in [0.1, 0.15) is 0 Å². The molecule has 0 saturated heterocycles. The van der Waals surface area contributed by atoms with E-state index in [4.69, 9.17) is 18.9 Å². The second-order valence-corrected chi connectivity index (χ2v) is 7.05. The number of fused-ring (bicyclic) bond motifs is 1. The van der Waals surface area contributed by atoms with Crippen LogP contribution in [0.1, 0.15) is 32.6 Å². The van der Waals surface area contributed by atoms with Crippen LogP contribution in [0.5, 0.6) is 11.5 Å². The number of aliphatic imine (C=N–C) groups is 1. The first-order chi connectivity index (χ1) is 15.2. The van der Waals surface area contributed by atoms with Gasteiger partial charge < -0.3 is 34.9 Å². The van der Waals surface area contributed by atoms with Crippen LogP contribution in [0.25, 0.3) is 0 Å². The molecule has 1 aromatic carbocycles. The lowest BCUT2D eigenvalue weighted by atomic mass is 10.2. The van der Waals surface area contributed by atoms with Gasteiger partial charge in [0.05, 0.1) is 26.4 Å². The smallest absolute Gasteiger partial charge is 0.221 e. The van der Waals surface area contributed by atoms with E-state index in [-0.39, 0.29) is 29.9 Å². The van der Waals surface area contributed by atoms with Crippen molar-refractivity contribution in [3.8, 4) is 11.5 Å². The number of carbonyl (C=O) groups excluding carboxylic acids is 1. The molecule has 0 bridgehead atoms. The molecule has 0 unspecified atom stereocenters. The largest absolute Gasteiger partial charge is 0.490 e. The van der Waals surface area contributed by atoms with Crippen molar-refractivity contribution in [3.63, 3.8) is 0 Å². The van der Waals surface area contributed by atoms with Crippen molar-refractivity contribution in [2.24, 2.45) is 4.99 Å². The number of benzene rings is 1. The minimum absolute atomic E-state index is 0. The highest BCUT2D eigenvalue weighted by atomic mass is 127. The van der Waals surface area contributed by atoms with Crippen molar-refractivity contribution in [3.05, 3.63) is 18.2 Å². The molecule has 1 aliphatic heterocycles. The molecule has 0 atom stereocenters. The quantitative estimate of drug-likeness (QED) is 0.147. The standard InChI is InChI=1S/C22H36N4O5.HI/c1-3-9-23-21(27)8-11-25-22(24-10-4-12-29-16-15-28-2)26-18-6-7-19-20(17-18)31-14-5-13-30-19;/h6-7,17H,3-5,8-16H2,1-2H3,(H,23,27)(H2,24,25,26);1H. The van der Waals surface area contributed by atoms with Crippen LogP contribution in [0.4, 0.5) is 5.69 Å². The van der Waals surface area contributed by atoms with Gasteiger partial charge in [0.25, 0.3) is 0 Å². The second-order valence-electron chi connectivity index (χ2n) is 7.05. The summed E-state index contributed by atoms with van der Waals surface area (Å²) in [5.74, 6) is 2.09. The number of nitrogens with zero attached hydrogens (tertiary/aromatic N) is 1. The number of nitrogens with one attached hydrogen (secondary N) is 3. The lowest BCUT2D eigenvalue weighted by Crippen LogP contribution is -2.35. The van der Waals surface area contributed by atoms with Crippen LogP contribution < -0.4 is 25.4 Å². The number of amides is 1. The molecular weight excluding hydrogens is 527 g/mol. The zero-order chi connectivity index (χ0) is 22.2. The van der Waals surface area contributed by atoms with Crippen molar-refractivity contribution in [1.82, 2.24) is 10.6 Å². The van der Waals surface area contributed by atoms with E-state index in [1.54, 1.807) is 7.11 Å². The highest BCUT2D eigenvalue weighted by molar-refractivity contribution is 14.0. The highest BCUT2D eigenvalue weighted by Crippen LogP contribution is 2.32. The Kier molecular flexibility index (Phi) is 15.6. The van der Waals surface area contributed by atoms with Crippen molar-refractivity contribution in [1.29, 1.82) is 0 Å². The number of carbonyl (C=O) groups is 1. The Bertz CT molecular complexity index is 690. The summed E-state index contributed by atoms with van der Waals surface area (Å²) in [5.41, 5.74) is 0.835. The number of hydrogen-bond donors (Lipinski definition) is 3. The van der Waals surface area contributed by atoms with Gasteiger partial charge in [-0.3, -0.25) is 9.79 Å². The molecular formula is C22H37IN4O5. The van der Waals surface area contributed by atoms with Crippen molar-refractivity contribution in [2.75, 3.05) is 65.1 Å². The summed E-state index contributed by atoms with van der Waals surface area (Å²) in [6, 6.07) is 5.72. The number of methoxy groups -OCH3 is 1. The third-order valence-corrected chi connectivity index (χ3v) is 4.38. The summed E-state index contributed by atoms with van der Waals surface area (Å²) in [6.45, 7) is 6.86. The number of anilines is 1. The zero-order valence-corrected chi connectivity index (χ0v) is 21.4. The monoisotopic (exact) mass is 564 g/mol. The number of guanidine groups is 1. The molecule has 1 aliphatic rings. The SMILES string of the molecule is CCCNC(=O)CCNC(=NCCCOCCOC)Nc1ccc2c(c1)OCCCO2.I. The fourth-order valence-corrected chi connectivity index (χ4v) is 2.77. The molecule has 1 amide bonds. The van der Waals surface area contributed by atoms with E-state index in [9.17, 15) is 4.79 Å². The lowest BCUT2D eigenvalue weighted by molar-refractivity contribution is -0.120. The van der Waals surface area contributed by atoms with Crippen LogP contribution in [0.2, 0.25) is 0 Å². The molecule has 0 fully saturated rings. The molecule has 2 rings (SSSR count). The predicted molar refractivity (Wildman–Crippen MR) is 137 cm³/mol. The van der Waals surface area contributed by atoms with Gasteiger partial charge in [-0.25, -0.2) is 0 Å². The summed E-state index contributed by atoms with van der Waals surface area (Å²) in [6.07, 6.45) is 2.94. The Hall–Kier alpha value is -1.79. The van der Waals surface area contributed by atoms with Crippen LogP contribution in [-0.2, 0) is 14.3 Å². The Labute approximate surface area is 208 Å². The number of rotatable bonds is 13. The number of ether oxygens (including phenoxy) is 4. The molecule has 0 spiro atoms. The molecule has 0 aliphatic carbocycles. The number of hydrogen-bond acceptors (Lipinski definition) is 6. The van der Waals surface area contributed by atoms with Crippen molar-refractivity contribution in [2.45, 2.75) is 32.6 Å². The third kappa shape index (κ3) is 11.7. The maximum atomic E-state index is 11.9. The minimum atomic E-state index is 0. The molecule has 10 heteroatoms. The van der Waals surface area contributed by atoms with Gasteiger partial charge in [-0.05, 0) is 25.0 Å². The molecule has 1 heterocycles. The van der Waals surface area contributed by atoms with Crippen molar-refractivity contribution < 1.29 is 23.7 Å². The van der Waals surface area contributed by atoms with Crippen LogP contribution in [0, 0.1) is 0 Å². The first kappa shape index (κ1) is 28.2. The van der Waals surface area contributed by atoms with Gasteiger partial charge in [-0.15, -0.1) is 24.0 Å². The van der Waals surface area contributed by atoms with Crippen molar-refractivity contribution >= 4 is 41.5 Å². The predicted octanol–water partition coefficient (Wildman–Crippen LogP) is 2.79. The fourth-order valence-electron chi connectivity index (χ4n) is 2.77. The van der Waals surface area contributed by atoms with Gasteiger partial charge in [-0.1, -0.05) is 6.92 Å². The third-order valence-electron chi connectivity index (χ3n) is 4.38. The Morgan fingerprint density at radius 1 is 1.09 bits per heavy atom. The maximum absolute atomic E-state index is 11.9. The zero-order valence-electron chi connectivity index (χ0n) is 19.1. The molecule has 1 aromatic rings. The second kappa shape index (κ2) is 17.7. The molecule has 0 aromatic heterocycles. The van der Waals surface area contributed by atoms with Crippen LogP contribution in [0.15, 0.2) is 23.2 Å². The van der Waals surface area contributed by atoms with Gasteiger partial charge in [0, 0.05) is 57.9 Å². The summed E-state index contributed by atoms with van der Waals surface area (Å²) >= 11 is 0. The van der Waals surface area contributed by atoms with Gasteiger partial charge in [0.2, 0.25) is 5.91 Å². The van der Waals surface area contributed by atoms with Crippen LogP contribution >= 0.6 is 24.0 Å². The maximum Gasteiger partial charge on any atom is 0.221 e. The Morgan fingerprint density at radius 3 is 2.69 bits per heavy atom. The van der Waals surface area contributed by atoms with Gasteiger partial charge in [0.15, 0.2) is 17.5 Å². The average molecular weight is 564 g/mol. The summed E-state index contributed by atoms with van der Waals surface area (Å²) in [7, 11) is 1.65. The Morgan fingerprint density at radius 2 is 1.91 bits per heavy atom. The van der Waals surface area contributed by atoms with Crippen LogP contribution in [0.3, 0.4) is 0 Å². The normalized spacial score (nSPS) is 13.0. The molecule has 0 saturated carbocycles. The minimum Gasteiger partial charge on any atom is -0.490 e. The molecule has 9 nitrogen and oxygen atoms in total. The lowest BCUT2D eigenvalue weighted by Gasteiger charge is -2.14. The average Bonchev–Trinajstić information content (AvgIpc) is 3.02. The van der Waals surface area contributed by atoms with E-state index in [0.717, 1.165) is 30.7 Å². The van der Waals surface area contributed by atoms with E-state index >= 15 is 0 Å². The van der Waals surface area contributed by atoms with Crippen LogP contribution in [-0.4, -0.2) is 71.6 Å². The summed E-state index contributed by atoms with van der Waals surface area (Å²) in [5, 5.41) is 9.39. The molecule has 3 N–H and O–H groups in total. The van der Waals surface area contributed by atoms with E-state index in [0.29, 0.717) is 70.8 Å². The first-order valence-electron chi connectivity index (χ1n) is 11.0. The molecule has 182 valence electrons. The van der Waals surface area contributed by atoms with Gasteiger partial charge in [-0.2, -0.15) is 0 Å². The van der Waals surface area contributed by atoms with E-state index in [1.165, 1.54) is 0 Å². The number of halogens is 1. The fraction of sp³-hybridized carbons (Fsp3) is 0.636. The molecule has 0 radical (unpaired) electrons. The highest BCUT2D eigenvalue weighted by Gasteiger charge is 2.11.